The summed E-state index contributed by atoms with van der Waals surface area (Å²) in [6.45, 7) is 7.17. The highest BCUT2D eigenvalue weighted by Gasteiger charge is 2.15. The zero-order valence-corrected chi connectivity index (χ0v) is 20.1. The van der Waals surface area contributed by atoms with E-state index >= 15 is 0 Å². The Morgan fingerprint density at radius 1 is 1.09 bits per heavy atom. The molecule has 2 aromatic carbocycles. The minimum Gasteiger partial charge on any atom is -0.461 e. The molecular formula is C26H29N7O2. The molecule has 0 aliphatic heterocycles. The molecule has 0 atom stereocenters. The number of fused-ring (bicyclic) bond motifs is 2. The first-order chi connectivity index (χ1) is 17.1. The number of anilines is 2. The number of nitrogens with zero attached hydrogens (tertiary/aromatic N) is 6. The third kappa shape index (κ3) is 5.00. The minimum absolute atomic E-state index is 0.328. The molecule has 2 aromatic heterocycles. The summed E-state index contributed by atoms with van der Waals surface area (Å²) in [7, 11) is 0. The Balaban J connectivity index is 1.27. The molecule has 0 unspecified atom stereocenters. The van der Waals surface area contributed by atoms with Crippen molar-refractivity contribution in [3.63, 3.8) is 0 Å². The number of esters is 1. The van der Waals surface area contributed by atoms with Crippen molar-refractivity contribution in [2.45, 2.75) is 33.1 Å². The van der Waals surface area contributed by atoms with Crippen LogP contribution in [0, 0.1) is 0 Å². The zero-order valence-electron chi connectivity index (χ0n) is 20.1. The molecule has 180 valence electrons. The smallest absolute Gasteiger partial charge is 0.338 e. The Kier molecular flexibility index (Phi) is 6.67. The summed E-state index contributed by atoms with van der Waals surface area (Å²) in [5.41, 5.74) is 6.25. The topological polar surface area (TPSA) is 98.1 Å². The van der Waals surface area contributed by atoms with Crippen LogP contribution >= 0.6 is 0 Å². The van der Waals surface area contributed by atoms with Crippen LogP contribution in [0.2, 0.25) is 0 Å². The fourth-order valence-electron chi connectivity index (χ4n) is 4.36. The van der Waals surface area contributed by atoms with Crippen molar-refractivity contribution in [2.75, 3.05) is 31.6 Å². The molecule has 35 heavy (non-hydrogen) atoms. The number of aromatic nitrogens is 5. The highest BCUT2D eigenvalue weighted by molar-refractivity contribution is 5.90. The van der Waals surface area contributed by atoms with Crippen molar-refractivity contribution in [2.24, 2.45) is 0 Å². The van der Waals surface area contributed by atoms with E-state index in [1.807, 2.05) is 12.1 Å². The number of carbonyl (C=O) groups excluding carboxylic acids is 1. The molecule has 2 heterocycles. The van der Waals surface area contributed by atoms with E-state index < -0.39 is 0 Å². The molecule has 1 aliphatic rings. The highest BCUT2D eigenvalue weighted by Crippen LogP contribution is 2.25. The van der Waals surface area contributed by atoms with Gasteiger partial charge in [0.25, 0.3) is 0 Å². The lowest BCUT2D eigenvalue weighted by Crippen LogP contribution is -2.27. The quantitative estimate of drug-likeness (QED) is 0.367. The fourth-order valence-corrected chi connectivity index (χ4v) is 4.36. The number of benzene rings is 2. The Morgan fingerprint density at radius 2 is 1.89 bits per heavy atom. The normalized spacial score (nSPS) is 12.8. The van der Waals surface area contributed by atoms with Crippen LogP contribution < -0.4 is 5.32 Å². The number of likely N-dealkylation sites (N-methyl/N-ethyl adjacent to an activating group) is 1. The van der Waals surface area contributed by atoms with Crippen molar-refractivity contribution in [3.8, 4) is 5.69 Å². The molecule has 0 bridgehead atoms. The maximum Gasteiger partial charge on any atom is 0.338 e. The predicted molar refractivity (Wildman–Crippen MR) is 134 cm³/mol. The summed E-state index contributed by atoms with van der Waals surface area (Å²) in [6, 6.07) is 13.5. The van der Waals surface area contributed by atoms with E-state index in [0.29, 0.717) is 29.3 Å². The number of aryl methyl sites for hydroxylation is 2. The third-order valence-electron chi connectivity index (χ3n) is 6.43. The lowest BCUT2D eigenvalue weighted by Gasteiger charge is -2.17. The van der Waals surface area contributed by atoms with Gasteiger partial charge in [-0.15, -0.1) is 5.10 Å². The first kappa shape index (κ1) is 22.9. The van der Waals surface area contributed by atoms with E-state index in [2.05, 4.69) is 62.5 Å². The summed E-state index contributed by atoms with van der Waals surface area (Å²) in [5, 5.41) is 11.7. The molecule has 9 heteroatoms. The van der Waals surface area contributed by atoms with Crippen molar-refractivity contribution < 1.29 is 9.53 Å². The van der Waals surface area contributed by atoms with Gasteiger partial charge in [0.15, 0.2) is 11.2 Å². The Hall–Kier alpha value is -3.85. The highest BCUT2D eigenvalue weighted by atomic mass is 16.5. The minimum atomic E-state index is -0.328. The van der Waals surface area contributed by atoms with E-state index in [1.54, 1.807) is 23.0 Å². The number of hydrogen-bond acceptors (Lipinski definition) is 8. The molecule has 0 radical (unpaired) electrons. The van der Waals surface area contributed by atoms with Gasteiger partial charge in [0.05, 0.1) is 17.4 Å². The summed E-state index contributed by atoms with van der Waals surface area (Å²) in [6.07, 6.45) is 5.08. The Bertz CT molecular complexity index is 1330. The summed E-state index contributed by atoms with van der Waals surface area (Å²) in [5.74, 6) is 0.0995. The van der Waals surface area contributed by atoms with Gasteiger partial charge >= 0.3 is 5.97 Å². The number of ether oxygens (including phenoxy) is 1. The van der Waals surface area contributed by atoms with Gasteiger partial charge in [-0.05, 0) is 79.9 Å². The maximum atomic E-state index is 12.3. The SMILES string of the molecule is CCN(CC)CCOC(=O)c1ccc(Nc2ncc3nnn(-c4ccc5c(c4)CCC5)c3n2)cc1. The van der Waals surface area contributed by atoms with E-state index in [0.717, 1.165) is 43.9 Å². The van der Waals surface area contributed by atoms with E-state index in [1.165, 1.54) is 17.5 Å². The second-order valence-electron chi connectivity index (χ2n) is 8.58. The van der Waals surface area contributed by atoms with E-state index in [4.69, 9.17) is 4.74 Å². The van der Waals surface area contributed by atoms with Gasteiger partial charge in [0.1, 0.15) is 6.61 Å². The monoisotopic (exact) mass is 471 g/mol. The summed E-state index contributed by atoms with van der Waals surface area (Å²) in [4.78, 5) is 23.6. The van der Waals surface area contributed by atoms with Gasteiger partial charge in [-0.25, -0.2) is 9.78 Å². The van der Waals surface area contributed by atoms with Crippen LogP contribution in [-0.4, -0.2) is 62.1 Å². The first-order valence-electron chi connectivity index (χ1n) is 12.1. The second-order valence-corrected chi connectivity index (χ2v) is 8.58. The number of carbonyl (C=O) groups is 1. The van der Waals surface area contributed by atoms with Crippen molar-refractivity contribution in [3.05, 3.63) is 65.4 Å². The largest absolute Gasteiger partial charge is 0.461 e. The average molecular weight is 472 g/mol. The van der Waals surface area contributed by atoms with E-state index in [9.17, 15) is 4.79 Å². The van der Waals surface area contributed by atoms with Crippen molar-refractivity contribution >= 4 is 28.8 Å². The summed E-state index contributed by atoms with van der Waals surface area (Å²) < 4.78 is 7.15. The molecule has 0 saturated heterocycles. The lowest BCUT2D eigenvalue weighted by molar-refractivity contribution is 0.0466. The van der Waals surface area contributed by atoms with Gasteiger partial charge in [-0.2, -0.15) is 9.67 Å². The average Bonchev–Trinajstić information content (AvgIpc) is 3.53. The zero-order chi connectivity index (χ0) is 24.2. The predicted octanol–water partition coefficient (Wildman–Crippen LogP) is 3.94. The molecule has 1 N–H and O–H groups in total. The van der Waals surface area contributed by atoms with Gasteiger partial charge in [0, 0.05) is 12.2 Å². The van der Waals surface area contributed by atoms with Crippen LogP contribution in [0.25, 0.3) is 16.9 Å². The van der Waals surface area contributed by atoms with E-state index in [-0.39, 0.29) is 5.97 Å². The Labute approximate surface area is 204 Å². The lowest BCUT2D eigenvalue weighted by atomic mass is 10.1. The van der Waals surface area contributed by atoms with Crippen LogP contribution in [0.15, 0.2) is 48.7 Å². The van der Waals surface area contributed by atoms with Crippen LogP contribution in [-0.2, 0) is 17.6 Å². The number of rotatable bonds is 9. The molecule has 0 saturated carbocycles. The van der Waals surface area contributed by atoms with Gasteiger partial charge < -0.3 is 15.0 Å². The van der Waals surface area contributed by atoms with Crippen LogP contribution in [0.5, 0.6) is 0 Å². The van der Waals surface area contributed by atoms with Crippen LogP contribution in [0.4, 0.5) is 11.6 Å². The third-order valence-corrected chi connectivity index (χ3v) is 6.43. The van der Waals surface area contributed by atoms with Crippen LogP contribution in [0.3, 0.4) is 0 Å². The summed E-state index contributed by atoms with van der Waals surface area (Å²) >= 11 is 0. The molecule has 1 aliphatic carbocycles. The molecule has 0 amide bonds. The standard InChI is InChI=1S/C26H29N7O2/c1-3-32(4-2)14-15-35-25(34)19-8-11-21(12-9-19)28-26-27-17-23-24(29-26)33(31-30-23)22-13-10-18-6-5-7-20(18)16-22/h8-13,16-17H,3-7,14-15H2,1-2H3,(H,27,28,29). The molecule has 5 rings (SSSR count). The van der Waals surface area contributed by atoms with Gasteiger partial charge in [-0.1, -0.05) is 25.1 Å². The molecule has 0 spiro atoms. The molecule has 4 aromatic rings. The van der Waals surface area contributed by atoms with Crippen molar-refractivity contribution in [1.29, 1.82) is 0 Å². The number of hydrogen-bond donors (Lipinski definition) is 1. The molecule has 0 fully saturated rings. The maximum absolute atomic E-state index is 12.3. The van der Waals surface area contributed by atoms with Gasteiger partial charge in [0.2, 0.25) is 5.95 Å². The second kappa shape index (κ2) is 10.2. The number of nitrogens with one attached hydrogen (secondary N) is 1. The fraction of sp³-hybridized carbons (Fsp3) is 0.346. The van der Waals surface area contributed by atoms with Crippen LogP contribution in [0.1, 0.15) is 41.8 Å². The molecule has 9 nitrogen and oxygen atoms in total. The molecular weight excluding hydrogens is 442 g/mol. The Morgan fingerprint density at radius 3 is 2.69 bits per heavy atom. The van der Waals surface area contributed by atoms with Crippen molar-refractivity contribution in [1.82, 2.24) is 29.9 Å². The first-order valence-corrected chi connectivity index (χ1v) is 12.1. The van der Waals surface area contributed by atoms with Gasteiger partial charge in [-0.3, -0.25) is 0 Å².